The van der Waals surface area contributed by atoms with Crippen LogP contribution in [-0.4, -0.2) is 49.8 Å². The maximum atomic E-state index is 12.7. The van der Waals surface area contributed by atoms with Gasteiger partial charge in [0.25, 0.3) is 10.2 Å². The van der Waals surface area contributed by atoms with Crippen molar-refractivity contribution in [1.29, 1.82) is 0 Å². The summed E-state index contributed by atoms with van der Waals surface area (Å²) >= 11 is 0. The summed E-state index contributed by atoms with van der Waals surface area (Å²) in [7, 11) is 0.0412. The zero-order valence-electron chi connectivity index (χ0n) is 12.5. The molecule has 0 saturated heterocycles. The molecule has 2 aliphatic carbocycles. The van der Waals surface area contributed by atoms with Crippen LogP contribution in [0.3, 0.4) is 0 Å². The lowest BCUT2D eigenvalue weighted by atomic mass is 9.96. The van der Waals surface area contributed by atoms with E-state index in [0.29, 0.717) is 12.5 Å². The fraction of sp³-hybridized carbons (Fsp3) is 1.00. The number of halogens is 1. The average Bonchev–Trinajstić information content (AvgIpc) is 3.24. The van der Waals surface area contributed by atoms with Crippen molar-refractivity contribution in [2.45, 2.75) is 57.0 Å². The third kappa shape index (κ3) is 3.85. The molecule has 2 aliphatic rings. The van der Waals surface area contributed by atoms with Crippen molar-refractivity contribution >= 4 is 22.6 Å². The van der Waals surface area contributed by atoms with Crippen molar-refractivity contribution in [2.24, 2.45) is 11.7 Å². The third-order valence-corrected chi connectivity index (χ3v) is 6.72. The lowest BCUT2D eigenvalue weighted by molar-refractivity contribution is 0.250. The van der Waals surface area contributed by atoms with Gasteiger partial charge in [-0.05, 0) is 31.6 Å². The summed E-state index contributed by atoms with van der Waals surface area (Å²) < 4.78 is 28.4. The molecule has 7 heteroatoms. The summed E-state index contributed by atoms with van der Waals surface area (Å²) in [5, 5.41) is 0. The van der Waals surface area contributed by atoms with Gasteiger partial charge in [0, 0.05) is 32.7 Å². The number of nitrogens with zero attached hydrogens (tertiary/aromatic N) is 2. The van der Waals surface area contributed by atoms with E-state index in [1.165, 1.54) is 10.7 Å². The second kappa shape index (κ2) is 7.40. The van der Waals surface area contributed by atoms with Crippen LogP contribution < -0.4 is 5.73 Å². The largest absolute Gasteiger partial charge is 0.329 e. The van der Waals surface area contributed by atoms with E-state index >= 15 is 0 Å². The number of nitrogens with two attached hydrogens (primary N) is 1. The molecule has 2 saturated carbocycles. The molecule has 2 rings (SSSR count). The number of hydrogen-bond acceptors (Lipinski definition) is 3. The van der Waals surface area contributed by atoms with E-state index < -0.39 is 10.2 Å². The van der Waals surface area contributed by atoms with E-state index in [1.54, 1.807) is 18.4 Å². The first-order valence-electron chi connectivity index (χ1n) is 7.39. The summed E-state index contributed by atoms with van der Waals surface area (Å²) in [5.74, 6) is 0.463. The highest BCUT2D eigenvalue weighted by Crippen LogP contribution is 2.36. The number of rotatable bonds is 6. The number of likely N-dealkylation sites (N-methyl/N-ethyl adjacent to an activating group) is 1. The molecule has 2 N–H and O–H groups in total. The van der Waals surface area contributed by atoms with Gasteiger partial charge >= 0.3 is 0 Å². The molecular weight excluding hydrogens is 298 g/mol. The Hall–Kier alpha value is 0.120. The van der Waals surface area contributed by atoms with Crippen LogP contribution in [0.1, 0.15) is 44.9 Å². The van der Waals surface area contributed by atoms with Gasteiger partial charge in [-0.25, -0.2) is 0 Å². The zero-order valence-corrected chi connectivity index (χ0v) is 14.1. The molecule has 0 bridgehead atoms. The molecule has 1 atom stereocenters. The molecular formula is C13H28ClN3O2S. The van der Waals surface area contributed by atoms with Crippen LogP contribution in [0.5, 0.6) is 0 Å². The predicted octanol–water partition coefficient (Wildman–Crippen LogP) is 1.59. The Morgan fingerprint density at radius 3 is 2.10 bits per heavy atom. The summed E-state index contributed by atoms with van der Waals surface area (Å²) in [6, 6.07) is 0.134. The summed E-state index contributed by atoms with van der Waals surface area (Å²) in [4.78, 5) is 0. The molecule has 0 aliphatic heterocycles. The van der Waals surface area contributed by atoms with Crippen LogP contribution in [0.4, 0.5) is 0 Å². The van der Waals surface area contributed by atoms with Gasteiger partial charge < -0.3 is 5.73 Å². The molecule has 5 nitrogen and oxygen atoms in total. The minimum absolute atomic E-state index is 0. The summed E-state index contributed by atoms with van der Waals surface area (Å²) in [6.45, 7) is 0.416. The van der Waals surface area contributed by atoms with Crippen LogP contribution in [-0.2, 0) is 10.2 Å². The normalized spacial score (nSPS) is 22.9. The van der Waals surface area contributed by atoms with E-state index in [0.717, 1.165) is 38.5 Å². The van der Waals surface area contributed by atoms with Crippen LogP contribution in [0.15, 0.2) is 0 Å². The van der Waals surface area contributed by atoms with Crippen molar-refractivity contribution < 1.29 is 8.42 Å². The molecule has 2 fully saturated rings. The van der Waals surface area contributed by atoms with E-state index in [9.17, 15) is 8.42 Å². The minimum atomic E-state index is -3.37. The quantitative estimate of drug-likeness (QED) is 0.806. The molecule has 20 heavy (non-hydrogen) atoms. The van der Waals surface area contributed by atoms with E-state index in [1.807, 2.05) is 0 Å². The van der Waals surface area contributed by atoms with Gasteiger partial charge in [0.2, 0.25) is 0 Å². The van der Waals surface area contributed by atoms with Crippen LogP contribution in [0.25, 0.3) is 0 Å². The predicted molar refractivity (Wildman–Crippen MR) is 84.1 cm³/mol. The first-order valence-corrected chi connectivity index (χ1v) is 8.79. The van der Waals surface area contributed by atoms with Crippen molar-refractivity contribution in [3.63, 3.8) is 0 Å². The maximum absolute atomic E-state index is 12.7. The molecule has 0 aromatic heterocycles. The van der Waals surface area contributed by atoms with Gasteiger partial charge in [0.05, 0.1) is 0 Å². The minimum Gasteiger partial charge on any atom is -0.329 e. The number of hydrogen-bond donors (Lipinski definition) is 1. The standard InChI is InChI=1S/C13H27N3O2S.ClH/c1-15(12-6-4-3-5-7-12)19(17,18)16(2)13(10-14)11-8-9-11;/h11-13H,3-10,14H2,1-2H3;1H. The van der Waals surface area contributed by atoms with E-state index in [4.69, 9.17) is 5.73 Å². The Morgan fingerprint density at radius 1 is 1.10 bits per heavy atom. The second-order valence-corrected chi connectivity index (χ2v) is 8.02. The van der Waals surface area contributed by atoms with Crippen molar-refractivity contribution in [3.05, 3.63) is 0 Å². The average molecular weight is 326 g/mol. The van der Waals surface area contributed by atoms with Crippen LogP contribution in [0.2, 0.25) is 0 Å². The van der Waals surface area contributed by atoms with Gasteiger partial charge in [-0.1, -0.05) is 19.3 Å². The van der Waals surface area contributed by atoms with Gasteiger partial charge in [0.1, 0.15) is 0 Å². The highest BCUT2D eigenvalue weighted by molar-refractivity contribution is 7.86. The van der Waals surface area contributed by atoms with Gasteiger partial charge in [-0.2, -0.15) is 17.0 Å². The Morgan fingerprint density at radius 2 is 1.65 bits per heavy atom. The SMILES string of the molecule is CN(C1CCCCC1)S(=O)(=O)N(C)C(CN)C1CC1.Cl. The molecule has 0 aromatic rings. The molecule has 0 radical (unpaired) electrons. The van der Waals surface area contributed by atoms with Crippen molar-refractivity contribution in [1.82, 2.24) is 8.61 Å². The van der Waals surface area contributed by atoms with Crippen LogP contribution in [0, 0.1) is 5.92 Å². The Labute approximate surface area is 129 Å². The van der Waals surface area contributed by atoms with E-state index in [-0.39, 0.29) is 24.5 Å². The van der Waals surface area contributed by atoms with Gasteiger partial charge in [-0.3, -0.25) is 0 Å². The topological polar surface area (TPSA) is 66.6 Å². The molecule has 0 aromatic carbocycles. The molecule has 1 unspecified atom stereocenters. The fourth-order valence-electron chi connectivity index (χ4n) is 3.13. The Bertz CT molecular complexity index is 394. The lowest BCUT2D eigenvalue weighted by Crippen LogP contribution is -2.51. The molecule has 0 heterocycles. The molecule has 0 spiro atoms. The van der Waals surface area contributed by atoms with Crippen molar-refractivity contribution in [3.8, 4) is 0 Å². The Kier molecular flexibility index (Phi) is 6.73. The van der Waals surface area contributed by atoms with E-state index in [2.05, 4.69) is 0 Å². The zero-order chi connectivity index (χ0) is 14.0. The molecule has 120 valence electrons. The molecule has 0 amide bonds. The van der Waals surface area contributed by atoms with Gasteiger partial charge in [-0.15, -0.1) is 12.4 Å². The first-order chi connectivity index (χ1) is 8.98. The first kappa shape index (κ1) is 18.2. The summed E-state index contributed by atoms with van der Waals surface area (Å²) in [6.07, 6.45) is 7.69. The van der Waals surface area contributed by atoms with Gasteiger partial charge in [0.15, 0.2) is 0 Å². The lowest BCUT2D eigenvalue weighted by Gasteiger charge is -2.36. The highest BCUT2D eigenvalue weighted by Gasteiger charge is 2.40. The fourth-order valence-corrected chi connectivity index (χ4v) is 4.72. The van der Waals surface area contributed by atoms with Crippen molar-refractivity contribution in [2.75, 3.05) is 20.6 Å². The maximum Gasteiger partial charge on any atom is 0.282 e. The van der Waals surface area contributed by atoms with Crippen LogP contribution >= 0.6 is 12.4 Å². The smallest absolute Gasteiger partial charge is 0.282 e. The second-order valence-electron chi connectivity index (χ2n) is 5.97. The highest BCUT2D eigenvalue weighted by atomic mass is 35.5. The third-order valence-electron chi connectivity index (χ3n) is 4.69. The monoisotopic (exact) mass is 325 g/mol. The summed E-state index contributed by atoms with van der Waals surface area (Å²) in [5.41, 5.74) is 5.77. The Balaban J connectivity index is 0.00000200.